The van der Waals surface area contributed by atoms with Gasteiger partial charge in [-0.15, -0.1) is 0 Å². The van der Waals surface area contributed by atoms with E-state index in [4.69, 9.17) is 12.6 Å². The number of fused-ring (bicyclic) bond motifs is 1. The summed E-state index contributed by atoms with van der Waals surface area (Å²) in [6, 6.07) is 56.9. The first kappa shape index (κ1) is 24.5. The smallest absolute Gasteiger partial charge is 0.000498 e. The van der Waals surface area contributed by atoms with Crippen molar-refractivity contribution in [3.8, 4) is 0 Å². The van der Waals surface area contributed by atoms with Crippen molar-refractivity contribution in [3.05, 3.63) is 158 Å². The molecule has 6 aromatic carbocycles. The monoisotopic (exact) mass is 524 g/mol. The van der Waals surface area contributed by atoms with Crippen molar-refractivity contribution in [2.45, 2.75) is 0 Å². The van der Waals surface area contributed by atoms with Gasteiger partial charge >= 0.3 is 0 Å². The molecule has 0 saturated carbocycles. The lowest BCUT2D eigenvalue weighted by molar-refractivity contribution is 1.74. The highest BCUT2D eigenvalue weighted by Gasteiger charge is 2.33. The Morgan fingerprint density at radius 1 is 0.342 bits per heavy atom. The zero-order valence-corrected chi connectivity index (χ0v) is 23.1. The summed E-state index contributed by atoms with van der Waals surface area (Å²) in [6.45, 7) is -4.58. The average molecular weight is 525 g/mol. The van der Waals surface area contributed by atoms with Crippen molar-refractivity contribution in [1.82, 2.24) is 0 Å². The lowest BCUT2D eigenvalue weighted by Crippen LogP contribution is -2.39. The molecule has 0 radical (unpaired) electrons. The Kier molecular flexibility index (Phi) is 6.55. The van der Waals surface area contributed by atoms with E-state index < -0.39 is 13.8 Å². The molecule has 184 valence electrons. The van der Waals surface area contributed by atoms with Crippen LogP contribution in [0, 0.1) is 0 Å². The normalized spacial score (nSPS) is 11.9. The summed E-state index contributed by atoms with van der Waals surface area (Å²) >= 11 is 0. The molecule has 0 aliphatic rings. The Morgan fingerprint density at radius 3 is 1.16 bits per heavy atom. The van der Waals surface area contributed by atoms with Gasteiger partial charge in [0.15, 0.2) is 0 Å². The Morgan fingerprint density at radius 2 is 0.711 bits per heavy atom. The minimum atomic E-state index is -2.31. The molecule has 0 bridgehead atoms. The van der Waals surface area contributed by atoms with Gasteiger partial charge in [0.1, 0.15) is 0 Å². The summed E-state index contributed by atoms with van der Waals surface area (Å²) in [5.74, 6) is 0. The lowest BCUT2D eigenvalue weighted by Gasteiger charge is -2.35. The van der Waals surface area contributed by atoms with Gasteiger partial charge in [-0.3, -0.25) is 0 Å². The van der Waals surface area contributed by atoms with Gasteiger partial charge in [-0.2, -0.15) is 0 Å². The van der Waals surface area contributed by atoms with Crippen molar-refractivity contribution in [3.63, 3.8) is 0 Å². The highest BCUT2D eigenvalue weighted by atomic mass is 31.2. The number of hydrogen-bond acceptors (Lipinski definition) is 0. The highest BCUT2D eigenvalue weighted by Crippen LogP contribution is 2.49. The van der Waals surface area contributed by atoms with Gasteiger partial charge in [0.05, 0.1) is 0 Å². The van der Waals surface area contributed by atoms with Crippen LogP contribution in [0.4, 0.5) is 0 Å². The molecule has 0 spiro atoms. The molecule has 6 rings (SSSR count). The molecule has 0 aromatic heterocycles. The predicted molar refractivity (Wildman–Crippen MR) is 176 cm³/mol. The summed E-state index contributed by atoms with van der Waals surface area (Å²) in [6.07, 6.45) is 10.3. The molecule has 2 heteroatoms. The molecule has 0 N–H and O–H groups in total. The number of benzene rings is 6. The second-order valence-corrected chi connectivity index (χ2v) is 15.8. The Bertz CT molecular complexity index is 1700. The highest BCUT2D eigenvalue weighted by molar-refractivity contribution is 7.98. The number of hydrogen-bond donors (Lipinski definition) is 0. The maximum atomic E-state index is 5.19. The summed E-state index contributed by atoms with van der Waals surface area (Å²) in [5.41, 5.74) is 0. The molecular weight excluding hydrogens is 494 g/mol. The topological polar surface area (TPSA) is 0 Å². The van der Waals surface area contributed by atoms with Crippen molar-refractivity contribution in [2.75, 3.05) is 0 Å². The summed E-state index contributed by atoms with van der Waals surface area (Å²) < 4.78 is 0. The fraction of sp³-hybridized carbons (Fsp3) is 0. The van der Waals surface area contributed by atoms with Crippen LogP contribution in [0.2, 0.25) is 0 Å². The first-order chi connectivity index (χ1) is 18.6. The van der Waals surface area contributed by atoms with Gasteiger partial charge in [-0.05, 0) is 56.4 Å². The van der Waals surface area contributed by atoms with Crippen molar-refractivity contribution < 1.29 is 0 Å². The van der Waals surface area contributed by atoms with Gasteiger partial charge in [-0.1, -0.05) is 170 Å². The summed E-state index contributed by atoms with van der Waals surface area (Å²) in [5, 5.41) is 10.2. The fourth-order valence-corrected chi connectivity index (χ4v) is 12.8. The quantitative estimate of drug-likeness (QED) is 0.225. The first-order valence-corrected chi connectivity index (χ1v) is 16.8. The lowest BCUT2D eigenvalue weighted by atomic mass is 10.1. The van der Waals surface area contributed by atoms with Crippen LogP contribution in [0.1, 0.15) is 0 Å². The molecule has 0 amide bonds. The van der Waals surface area contributed by atoms with E-state index in [9.17, 15) is 0 Å². The second-order valence-electron chi connectivity index (χ2n) is 9.62. The van der Waals surface area contributed by atoms with Crippen LogP contribution in [0.15, 0.2) is 158 Å². The second kappa shape index (κ2) is 10.2. The molecule has 0 heterocycles. The van der Waals surface area contributed by atoms with E-state index in [1.165, 1.54) is 42.6 Å². The van der Waals surface area contributed by atoms with E-state index in [0.29, 0.717) is 0 Å². The molecule has 0 atom stereocenters. The molecule has 0 saturated heterocycles. The van der Waals surface area contributed by atoms with Crippen LogP contribution in [0.3, 0.4) is 0 Å². The van der Waals surface area contributed by atoms with Crippen LogP contribution in [-0.2, 0) is 0 Å². The van der Waals surface area contributed by atoms with Crippen LogP contribution >= 0.6 is 13.8 Å². The molecule has 0 fully saturated rings. The molecule has 0 unspecified atom stereocenters. The Labute approximate surface area is 226 Å². The van der Waals surface area contributed by atoms with Gasteiger partial charge in [0.25, 0.3) is 0 Å². The molecule has 6 aromatic rings. The minimum absolute atomic E-state index is 1.24. The zero-order chi connectivity index (χ0) is 26.0. The van der Waals surface area contributed by atoms with Crippen LogP contribution in [0.5, 0.6) is 0 Å². The maximum absolute atomic E-state index is 5.19. The third-order valence-electron chi connectivity index (χ3n) is 7.46. The zero-order valence-electron chi connectivity index (χ0n) is 21.3. The van der Waals surface area contributed by atoms with Gasteiger partial charge in [-0.25, -0.2) is 0 Å². The van der Waals surface area contributed by atoms with Gasteiger partial charge < -0.3 is 0 Å². The Balaban J connectivity index is 1.82. The predicted octanol–water partition coefficient (Wildman–Crippen LogP) is 6.29. The van der Waals surface area contributed by atoms with Crippen molar-refractivity contribution in [2.24, 2.45) is 0 Å². The third-order valence-corrected chi connectivity index (χ3v) is 14.8. The number of rotatable bonds is 6. The summed E-state index contributed by atoms with van der Waals surface area (Å²) in [7, 11) is 0. The molecule has 0 nitrogen and oxygen atoms in total. The van der Waals surface area contributed by atoms with E-state index in [0.717, 1.165) is 0 Å². The standard InChI is InChI=1S/C36H30P2/c1-37(30-18-7-3-8-19-30,31-20-9-4-10-21-31)35-28-27-29-17-15-16-26-34(29)36(35)38(2,32-22-11-5-12-23-32)33-24-13-6-14-25-33/h3-28H,1-2H2. The maximum Gasteiger partial charge on any atom is -0.000498 e. The van der Waals surface area contributed by atoms with E-state index in [-0.39, 0.29) is 0 Å². The summed E-state index contributed by atoms with van der Waals surface area (Å²) in [4.78, 5) is 0. The molecule has 0 aliphatic heterocycles. The SMILES string of the molecule is C=P(c1ccccc1)(c1ccccc1)c1ccc2ccccc2c1P(=C)(c1ccccc1)c1ccccc1. The third kappa shape index (κ3) is 4.02. The van der Waals surface area contributed by atoms with Crippen LogP contribution in [0.25, 0.3) is 10.8 Å². The molecule has 0 aliphatic carbocycles. The van der Waals surface area contributed by atoms with Crippen molar-refractivity contribution in [1.29, 1.82) is 0 Å². The van der Waals surface area contributed by atoms with E-state index in [1.807, 2.05) is 0 Å². The van der Waals surface area contributed by atoms with Crippen LogP contribution in [-0.4, -0.2) is 12.6 Å². The van der Waals surface area contributed by atoms with Gasteiger partial charge in [0, 0.05) is 0 Å². The van der Waals surface area contributed by atoms with E-state index in [2.05, 4.69) is 158 Å². The first-order valence-electron chi connectivity index (χ1n) is 12.9. The van der Waals surface area contributed by atoms with Gasteiger partial charge in [0.2, 0.25) is 0 Å². The molecule has 38 heavy (non-hydrogen) atoms. The Hall–Kier alpha value is -3.82. The minimum Gasteiger partial charge on any atom is -0.0887 e. The van der Waals surface area contributed by atoms with Crippen molar-refractivity contribution >= 4 is 69.0 Å². The van der Waals surface area contributed by atoms with Crippen LogP contribution < -0.4 is 31.8 Å². The average Bonchev–Trinajstić information content (AvgIpc) is 3.01. The fourth-order valence-electron chi connectivity index (χ4n) is 5.52. The molecular formula is C36H30P2. The van der Waals surface area contributed by atoms with E-state index in [1.54, 1.807) is 0 Å². The largest absolute Gasteiger partial charge is 0.0887 e. The van der Waals surface area contributed by atoms with E-state index >= 15 is 0 Å².